The van der Waals surface area contributed by atoms with Crippen LogP contribution in [0.5, 0.6) is 5.75 Å². The summed E-state index contributed by atoms with van der Waals surface area (Å²) in [4.78, 5) is 37.6. The molecule has 3 rings (SSSR count). The molecular weight excluding hydrogens is 364 g/mol. The molecule has 0 bridgehead atoms. The van der Waals surface area contributed by atoms with Crippen molar-refractivity contribution in [2.45, 2.75) is 13.5 Å². The quantitative estimate of drug-likeness (QED) is 0.723. The van der Waals surface area contributed by atoms with E-state index in [1.54, 1.807) is 24.3 Å². The highest BCUT2D eigenvalue weighted by Crippen LogP contribution is 2.12. The fourth-order valence-corrected chi connectivity index (χ4v) is 2.78. The van der Waals surface area contributed by atoms with Crippen molar-refractivity contribution >= 4 is 17.4 Å². The van der Waals surface area contributed by atoms with Gasteiger partial charge in [-0.25, -0.2) is 0 Å². The van der Waals surface area contributed by atoms with E-state index in [0.717, 1.165) is 13.1 Å². The highest BCUT2D eigenvalue weighted by atomic mass is 16.5. The van der Waals surface area contributed by atoms with Gasteiger partial charge in [0.25, 0.3) is 0 Å². The summed E-state index contributed by atoms with van der Waals surface area (Å²) < 4.78 is 16.1. The number of benzene rings is 1. The van der Waals surface area contributed by atoms with Crippen LogP contribution in [0.15, 0.2) is 45.8 Å². The van der Waals surface area contributed by atoms with Crippen LogP contribution in [0.25, 0.3) is 0 Å². The first-order chi connectivity index (χ1) is 13.5. The van der Waals surface area contributed by atoms with Gasteiger partial charge in [0.05, 0.1) is 19.8 Å². The van der Waals surface area contributed by atoms with Gasteiger partial charge in [0.2, 0.25) is 17.1 Å². The number of carbonyl (C=O) groups is 2. The zero-order valence-electron chi connectivity index (χ0n) is 15.6. The van der Waals surface area contributed by atoms with Crippen molar-refractivity contribution in [3.63, 3.8) is 0 Å². The van der Waals surface area contributed by atoms with Gasteiger partial charge in [-0.2, -0.15) is 0 Å². The Balaban J connectivity index is 1.55. The predicted molar refractivity (Wildman–Crippen MR) is 102 cm³/mol. The number of carbonyl (C=O) groups excluding carboxylic acids is 2. The molecule has 2 aromatic rings. The molecule has 0 radical (unpaired) electrons. The molecule has 1 aromatic carbocycles. The summed E-state index contributed by atoms with van der Waals surface area (Å²) in [6, 6.07) is 7.82. The van der Waals surface area contributed by atoms with Crippen molar-refractivity contribution in [1.29, 1.82) is 0 Å². The third-order valence-electron chi connectivity index (χ3n) is 4.22. The molecule has 28 heavy (non-hydrogen) atoms. The molecule has 0 atom stereocenters. The number of nitrogens with zero attached hydrogens (tertiary/aromatic N) is 1. The first kappa shape index (κ1) is 19.8. The van der Waals surface area contributed by atoms with E-state index < -0.39 is 0 Å². The zero-order chi connectivity index (χ0) is 19.9. The molecule has 8 nitrogen and oxygen atoms in total. The van der Waals surface area contributed by atoms with Crippen molar-refractivity contribution in [1.82, 2.24) is 4.90 Å². The van der Waals surface area contributed by atoms with Gasteiger partial charge in [0, 0.05) is 37.3 Å². The summed E-state index contributed by atoms with van der Waals surface area (Å²) in [5, 5.41) is 2.63. The number of morpholine rings is 1. The minimum Gasteiger partial charge on any atom is -0.478 e. The number of hydrogen-bond acceptors (Lipinski definition) is 7. The van der Waals surface area contributed by atoms with Gasteiger partial charge in [0.15, 0.2) is 12.4 Å². The Morgan fingerprint density at radius 2 is 1.89 bits per heavy atom. The molecule has 1 aliphatic rings. The largest absolute Gasteiger partial charge is 0.478 e. The van der Waals surface area contributed by atoms with Crippen LogP contribution in [0.4, 0.5) is 5.69 Å². The van der Waals surface area contributed by atoms with E-state index in [0.29, 0.717) is 36.8 Å². The maximum atomic E-state index is 12.2. The maximum absolute atomic E-state index is 12.2. The molecule has 1 aliphatic heterocycles. The third kappa shape index (κ3) is 5.51. The fraction of sp³-hybridized carbons (Fsp3) is 0.350. The summed E-state index contributed by atoms with van der Waals surface area (Å²) in [6.45, 7) is 4.56. The van der Waals surface area contributed by atoms with Crippen LogP contribution >= 0.6 is 0 Å². The summed E-state index contributed by atoms with van der Waals surface area (Å²) in [5.74, 6) is 0.0606. The standard InChI is InChI=1S/C20H22N2O6/c1-14(23)21-16-4-2-15(3-5-16)19(25)12-28-20-13-27-17(10-18(20)24)11-22-6-8-26-9-7-22/h2-5,10,13H,6-9,11-12H2,1H3,(H,21,23). The first-order valence-corrected chi connectivity index (χ1v) is 8.97. The van der Waals surface area contributed by atoms with E-state index in [2.05, 4.69) is 10.2 Å². The first-order valence-electron chi connectivity index (χ1n) is 8.97. The van der Waals surface area contributed by atoms with E-state index in [1.165, 1.54) is 19.3 Å². The second-order valence-corrected chi connectivity index (χ2v) is 6.43. The minimum atomic E-state index is -0.330. The average Bonchev–Trinajstić information content (AvgIpc) is 2.68. The van der Waals surface area contributed by atoms with Crippen molar-refractivity contribution < 1.29 is 23.5 Å². The zero-order valence-corrected chi connectivity index (χ0v) is 15.6. The van der Waals surface area contributed by atoms with Crippen LogP contribution in [0, 0.1) is 0 Å². The molecule has 0 saturated carbocycles. The number of nitrogens with one attached hydrogen (secondary N) is 1. The molecule has 1 aromatic heterocycles. The Labute approximate surface area is 162 Å². The van der Waals surface area contributed by atoms with E-state index in [4.69, 9.17) is 13.9 Å². The monoisotopic (exact) mass is 386 g/mol. The van der Waals surface area contributed by atoms with Crippen LogP contribution < -0.4 is 15.5 Å². The molecule has 1 saturated heterocycles. The Bertz CT molecular complexity index is 884. The van der Waals surface area contributed by atoms with Gasteiger partial charge >= 0.3 is 0 Å². The van der Waals surface area contributed by atoms with Crippen LogP contribution in [0.1, 0.15) is 23.0 Å². The molecule has 1 fully saturated rings. The molecule has 2 heterocycles. The molecule has 1 amide bonds. The molecule has 0 aliphatic carbocycles. The fourth-order valence-electron chi connectivity index (χ4n) is 2.78. The van der Waals surface area contributed by atoms with E-state index in [1.807, 2.05) is 0 Å². The molecular formula is C20H22N2O6. The lowest BCUT2D eigenvalue weighted by Crippen LogP contribution is -2.35. The van der Waals surface area contributed by atoms with E-state index >= 15 is 0 Å². The highest BCUT2D eigenvalue weighted by Gasteiger charge is 2.14. The normalized spacial score (nSPS) is 14.5. The van der Waals surface area contributed by atoms with Crippen molar-refractivity contribution in [2.24, 2.45) is 0 Å². The average molecular weight is 386 g/mol. The number of rotatable bonds is 7. The number of amides is 1. The van der Waals surface area contributed by atoms with Gasteiger partial charge < -0.3 is 19.2 Å². The van der Waals surface area contributed by atoms with Crippen LogP contribution in [-0.2, 0) is 16.1 Å². The topological polar surface area (TPSA) is 98.1 Å². The number of anilines is 1. The lowest BCUT2D eigenvalue weighted by molar-refractivity contribution is -0.114. The predicted octanol–water partition coefficient (Wildman–Crippen LogP) is 1.69. The van der Waals surface area contributed by atoms with Gasteiger partial charge in [-0.15, -0.1) is 0 Å². The molecule has 8 heteroatoms. The van der Waals surface area contributed by atoms with E-state index in [9.17, 15) is 14.4 Å². The smallest absolute Gasteiger partial charge is 0.227 e. The lowest BCUT2D eigenvalue weighted by Gasteiger charge is -2.25. The molecule has 0 unspecified atom stereocenters. The summed E-state index contributed by atoms with van der Waals surface area (Å²) >= 11 is 0. The molecule has 148 valence electrons. The van der Waals surface area contributed by atoms with E-state index in [-0.39, 0.29) is 29.5 Å². The van der Waals surface area contributed by atoms with Crippen molar-refractivity contribution in [3.05, 3.63) is 58.1 Å². The minimum absolute atomic E-state index is 0.00561. The second-order valence-electron chi connectivity index (χ2n) is 6.43. The Morgan fingerprint density at radius 3 is 2.54 bits per heavy atom. The van der Waals surface area contributed by atoms with Gasteiger partial charge in [-0.3, -0.25) is 19.3 Å². The number of hydrogen-bond donors (Lipinski definition) is 1. The second kappa shape index (κ2) is 9.29. The maximum Gasteiger partial charge on any atom is 0.227 e. The Hall–Kier alpha value is -2.97. The summed E-state index contributed by atoms with van der Waals surface area (Å²) in [6.07, 6.45) is 1.24. The number of ether oxygens (including phenoxy) is 2. The Kier molecular flexibility index (Phi) is 6.57. The third-order valence-corrected chi connectivity index (χ3v) is 4.22. The highest BCUT2D eigenvalue weighted by molar-refractivity contribution is 5.98. The van der Waals surface area contributed by atoms with Gasteiger partial charge in [-0.05, 0) is 24.3 Å². The van der Waals surface area contributed by atoms with Crippen molar-refractivity contribution in [3.8, 4) is 5.75 Å². The van der Waals surface area contributed by atoms with Crippen molar-refractivity contribution in [2.75, 3.05) is 38.2 Å². The lowest BCUT2D eigenvalue weighted by atomic mass is 10.1. The SMILES string of the molecule is CC(=O)Nc1ccc(C(=O)COc2coc(CN3CCOCC3)cc2=O)cc1. The van der Waals surface area contributed by atoms with Crippen LogP contribution in [0.3, 0.4) is 0 Å². The molecule has 0 spiro atoms. The Morgan fingerprint density at radius 1 is 1.18 bits per heavy atom. The number of Topliss-reactive ketones (excluding diaryl/α,β-unsaturated/α-hetero) is 1. The summed E-state index contributed by atoms with van der Waals surface area (Å²) in [7, 11) is 0. The van der Waals surface area contributed by atoms with Crippen LogP contribution in [-0.4, -0.2) is 49.5 Å². The summed E-state index contributed by atoms with van der Waals surface area (Å²) in [5.41, 5.74) is 0.687. The van der Waals surface area contributed by atoms with Gasteiger partial charge in [0.1, 0.15) is 12.0 Å². The molecule has 1 N–H and O–H groups in total. The van der Waals surface area contributed by atoms with Crippen LogP contribution in [0.2, 0.25) is 0 Å². The van der Waals surface area contributed by atoms with Gasteiger partial charge in [-0.1, -0.05) is 0 Å². The number of ketones is 1.